The van der Waals surface area contributed by atoms with E-state index in [4.69, 9.17) is 0 Å². The third-order valence-corrected chi connectivity index (χ3v) is 4.20. The van der Waals surface area contributed by atoms with Gasteiger partial charge in [-0.25, -0.2) is 9.97 Å². The van der Waals surface area contributed by atoms with Crippen LogP contribution >= 0.6 is 0 Å². The van der Waals surface area contributed by atoms with Gasteiger partial charge >= 0.3 is 0 Å². The molecule has 0 spiro atoms. The number of phenolic OH excluding ortho intramolecular Hbond substituents is 1. The third kappa shape index (κ3) is 3.15. The van der Waals surface area contributed by atoms with Crippen molar-refractivity contribution in [2.24, 2.45) is 0 Å². The van der Waals surface area contributed by atoms with E-state index in [2.05, 4.69) is 15.3 Å². The molecule has 1 heterocycles. The van der Waals surface area contributed by atoms with Gasteiger partial charge in [0.05, 0.1) is 6.04 Å². The first-order chi connectivity index (χ1) is 10.2. The zero-order valence-electron chi connectivity index (χ0n) is 12.3. The molecule has 0 saturated heterocycles. The molecule has 4 nitrogen and oxygen atoms in total. The van der Waals surface area contributed by atoms with Gasteiger partial charge in [0.15, 0.2) is 0 Å². The highest BCUT2D eigenvalue weighted by Gasteiger charge is 2.19. The Kier molecular flexibility index (Phi) is 4.04. The van der Waals surface area contributed by atoms with Gasteiger partial charge in [-0.2, -0.15) is 0 Å². The van der Waals surface area contributed by atoms with E-state index in [1.54, 1.807) is 6.07 Å². The lowest BCUT2D eigenvalue weighted by Gasteiger charge is -2.16. The summed E-state index contributed by atoms with van der Waals surface area (Å²) in [6.45, 7) is 2.00. The molecule has 0 radical (unpaired) electrons. The highest BCUT2D eigenvalue weighted by atomic mass is 16.3. The van der Waals surface area contributed by atoms with Crippen LogP contribution in [0, 0.1) is 0 Å². The van der Waals surface area contributed by atoms with Crippen LogP contribution in [-0.2, 0) is 0 Å². The van der Waals surface area contributed by atoms with Crippen LogP contribution in [0.3, 0.4) is 0 Å². The summed E-state index contributed by atoms with van der Waals surface area (Å²) in [6.07, 6.45) is 6.87. The molecule has 2 N–H and O–H groups in total. The molecule has 0 aliphatic heterocycles. The molecular weight excluding hydrogens is 262 g/mol. The molecule has 1 aromatic heterocycles. The van der Waals surface area contributed by atoms with Gasteiger partial charge in [0, 0.05) is 23.4 Å². The first kappa shape index (κ1) is 13.9. The van der Waals surface area contributed by atoms with E-state index in [1.165, 1.54) is 25.7 Å². The molecular formula is C17H21N3O. The average molecular weight is 283 g/mol. The molecule has 1 unspecified atom stereocenters. The lowest BCUT2D eigenvalue weighted by molar-refractivity contribution is 0.465. The number of anilines is 1. The van der Waals surface area contributed by atoms with Crippen LogP contribution in [0.25, 0.3) is 0 Å². The first-order valence-electron chi connectivity index (χ1n) is 7.61. The van der Waals surface area contributed by atoms with Gasteiger partial charge in [0.2, 0.25) is 5.95 Å². The van der Waals surface area contributed by atoms with E-state index in [0.717, 1.165) is 11.3 Å². The SMILES string of the molecule is CC(Nc1nccc(C2CCCC2)n1)c1ccccc1O. The van der Waals surface area contributed by atoms with Crippen LogP contribution in [-0.4, -0.2) is 15.1 Å². The van der Waals surface area contributed by atoms with E-state index in [0.29, 0.717) is 17.6 Å². The molecule has 4 heteroatoms. The zero-order chi connectivity index (χ0) is 14.7. The molecule has 2 aromatic rings. The van der Waals surface area contributed by atoms with E-state index in [1.807, 2.05) is 37.4 Å². The standard InChI is InChI=1S/C17H21N3O/c1-12(14-8-4-5-9-16(14)21)19-17-18-11-10-15(20-17)13-6-2-3-7-13/h4-5,8-13,21H,2-3,6-7H2,1H3,(H,18,19,20). The topological polar surface area (TPSA) is 58.0 Å². The van der Waals surface area contributed by atoms with Crippen molar-refractivity contribution < 1.29 is 5.11 Å². The van der Waals surface area contributed by atoms with Crippen molar-refractivity contribution >= 4 is 5.95 Å². The van der Waals surface area contributed by atoms with Crippen molar-refractivity contribution in [1.29, 1.82) is 0 Å². The maximum absolute atomic E-state index is 9.91. The van der Waals surface area contributed by atoms with Crippen molar-refractivity contribution in [3.63, 3.8) is 0 Å². The Balaban J connectivity index is 1.75. The van der Waals surface area contributed by atoms with Crippen molar-refractivity contribution in [3.8, 4) is 5.75 Å². The van der Waals surface area contributed by atoms with E-state index < -0.39 is 0 Å². The summed E-state index contributed by atoms with van der Waals surface area (Å²) in [5, 5.41) is 13.2. The summed E-state index contributed by atoms with van der Waals surface area (Å²) in [6, 6.07) is 9.33. The van der Waals surface area contributed by atoms with Crippen molar-refractivity contribution in [1.82, 2.24) is 9.97 Å². The smallest absolute Gasteiger partial charge is 0.223 e. The van der Waals surface area contributed by atoms with Gasteiger partial charge < -0.3 is 10.4 Å². The Hall–Kier alpha value is -2.10. The molecule has 0 amide bonds. The molecule has 1 fully saturated rings. The Morgan fingerprint density at radius 2 is 1.95 bits per heavy atom. The van der Waals surface area contributed by atoms with Crippen LogP contribution in [0.15, 0.2) is 36.5 Å². The van der Waals surface area contributed by atoms with Gasteiger partial charge in [-0.3, -0.25) is 0 Å². The lowest BCUT2D eigenvalue weighted by atomic mass is 10.0. The summed E-state index contributed by atoms with van der Waals surface area (Å²) in [5.74, 6) is 1.51. The van der Waals surface area contributed by atoms with Crippen LogP contribution < -0.4 is 5.32 Å². The second kappa shape index (κ2) is 6.12. The summed E-state index contributed by atoms with van der Waals surface area (Å²) in [5.41, 5.74) is 1.99. The molecule has 110 valence electrons. The number of rotatable bonds is 4. The van der Waals surface area contributed by atoms with E-state index >= 15 is 0 Å². The zero-order valence-corrected chi connectivity index (χ0v) is 12.3. The molecule has 0 bridgehead atoms. The minimum atomic E-state index is -0.0370. The molecule has 21 heavy (non-hydrogen) atoms. The number of hydrogen-bond donors (Lipinski definition) is 2. The Bertz CT molecular complexity index is 608. The first-order valence-corrected chi connectivity index (χ1v) is 7.61. The highest BCUT2D eigenvalue weighted by Crippen LogP contribution is 2.33. The average Bonchev–Trinajstić information content (AvgIpc) is 3.02. The van der Waals surface area contributed by atoms with Gasteiger partial charge in [-0.15, -0.1) is 0 Å². The quantitative estimate of drug-likeness (QED) is 0.890. The number of aromatic nitrogens is 2. The number of nitrogens with zero attached hydrogens (tertiary/aromatic N) is 2. The highest BCUT2D eigenvalue weighted by molar-refractivity contribution is 5.39. The maximum atomic E-state index is 9.91. The van der Waals surface area contributed by atoms with Gasteiger partial charge in [0.1, 0.15) is 5.75 Å². The van der Waals surface area contributed by atoms with E-state index in [9.17, 15) is 5.11 Å². The van der Waals surface area contributed by atoms with E-state index in [-0.39, 0.29) is 6.04 Å². The molecule has 1 aliphatic rings. The van der Waals surface area contributed by atoms with Crippen LogP contribution in [0.2, 0.25) is 0 Å². The maximum Gasteiger partial charge on any atom is 0.223 e. The van der Waals surface area contributed by atoms with Crippen molar-refractivity contribution in [2.75, 3.05) is 5.32 Å². The molecule has 3 rings (SSSR count). The normalized spacial score (nSPS) is 16.8. The number of benzene rings is 1. The summed E-state index contributed by atoms with van der Waals surface area (Å²) in [7, 11) is 0. The number of phenols is 1. The fraction of sp³-hybridized carbons (Fsp3) is 0.412. The Morgan fingerprint density at radius 1 is 1.19 bits per heavy atom. The molecule has 1 aromatic carbocycles. The molecule has 1 saturated carbocycles. The van der Waals surface area contributed by atoms with Crippen LogP contribution in [0.5, 0.6) is 5.75 Å². The van der Waals surface area contributed by atoms with Gasteiger partial charge in [-0.1, -0.05) is 31.0 Å². The predicted molar refractivity (Wildman–Crippen MR) is 83.4 cm³/mol. The summed E-state index contributed by atoms with van der Waals surface area (Å²) >= 11 is 0. The summed E-state index contributed by atoms with van der Waals surface area (Å²) < 4.78 is 0. The van der Waals surface area contributed by atoms with Crippen LogP contribution in [0.1, 0.15) is 55.8 Å². The third-order valence-electron chi connectivity index (χ3n) is 4.20. The number of hydrogen-bond acceptors (Lipinski definition) is 4. The second-order valence-corrected chi connectivity index (χ2v) is 5.71. The summed E-state index contributed by atoms with van der Waals surface area (Å²) in [4.78, 5) is 8.95. The van der Waals surface area contributed by atoms with Crippen molar-refractivity contribution in [2.45, 2.75) is 44.6 Å². The fourth-order valence-electron chi connectivity index (χ4n) is 3.02. The minimum absolute atomic E-state index is 0.0370. The minimum Gasteiger partial charge on any atom is -0.508 e. The predicted octanol–water partition coefficient (Wildman–Crippen LogP) is 4.01. The Morgan fingerprint density at radius 3 is 2.71 bits per heavy atom. The fourth-order valence-corrected chi connectivity index (χ4v) is 3.02. The lowest BCUT2D eigenvalue weighted by Crippen LogP contribution is -2.11. The van der Waals surface area contributed by atoms with Crippen LogP contribution in [0.4, 0.5) is 5.95 Å². The largest absolute Gasteiger partial charge is 0.508 e. The second-order valence-electron chi connectivity index (χ2n) is 5.71. The molecule has 1 atom stereocenters. The Labute approximate surface area is 125 Å². The monoisotopic (exact) mass is 283 g/mol. The van der Waals surface area contributed by atoms with Gasteiger partial charge in [0.25, 0.3) is 0 Å². The number of para-hydroxylation sites is 1. The van der Waals surface area contributed by atoms with Crippen molar-refractivity contribution in [3.05, 3.63) is 47.8 Å². The number of aromatic hydroxyl groups is 1. The number of nitrogens with one attached hydrogen (secondary N) is 1. The molecule has 1 aliphatic carbocycles. The van der Waals surface area contributed by atoms with Gasteiger partial charge in [-0.05, 0) is 31.9 Å².